The molecule has 0 fully saturated rings. The van der Waals surface area contributed by atoms with Gasteiger partial charge in [0.15, 0.2) is 0 Å². The molecule has 0 aliphatic rings. The third kappa shape index (κ3) is 2.66. The van der Waals surface area contributed by atoms with Crippen LogP contribution in [0.3, 0.4) is 0 Å². The predicted octanol–water partition coefficient (Wildman–Crippen LogP) is 0.928. The fourth-order valence-electron chi connectivity index (χ4n) is 0.841. The van der Waals surface area contributed by atoms with Crippen molar-refractivity contribution in [3.05, 3.63) is 29.8 Å². The maximum atomic E-state index is 5.03. The zero-order valence-electron chi connectivity index (χ0n) is 6.83. The molecule has 0 spiro atoms. The number of hydrogen-bond acceptors (Lipinski definition) is 1. The normalized spacial score (nSPS) is 10.0. The van der Waals surface area contributed by atoms with Crippen LogP contribution in [-0.2, 0) is 4.74 Å². The van der Waals surface area contributed by atoms with E-state index in [-0.39, 0.29) is 0 Å². The van der Waals surface area contributed by atoms with Crippen molar-refractivity contribution >= 4 is 19.4 Å². The molecule has 0 amide bonds. The number of aryl methyl sites for hydroxylation is 1. The molecule has 11 heavy (non-hydrogen) atoms. The number of rotatable bonds is 3. The van der Waals surface area contributed by atoms with Gasteiger partial charge >= 0.3 is 73.5 Å². The van der Waals surface area contributed by atoms with Crippen molar-refractivity contribution < 1.29 is 4.74 Å². The molecule has 0 saturated heterocycles. The van der Waals surface area contributed by atoms with Crippen LogP contribution in [0.1, 0.15) is 5.56 Å². The standard InChI is InChI=1S/C9H12OSe/c1-8-5-3-4-6-9(8)11-7-10-2/h3-6H,7H2,1-2H3. The molecule has 0 aliphatic heterocycles. The Bertz CT molecular complexity index is 223. The van der Waals surface area contributed by atoms with Crippen LogP contribution in [0.4, 0.5) is 0 Å². The van der Waals surface area contributed by atoms with E-state index in [1.165, 1.54) is 10.0 Å². The summed E-state index contributed by atoms with van der Waals surface area (Å²) in [5.41, 5.74) is 2.25. The first kappa shape index (κ1) is 8.79. The fourth-order valence-corrected chi connectivity index (χ4v) is 2.34. The summed E-state index contributed by atoms with van der Waals surface area (Å²) in [6.07, 6.45) is 0. The van der Waals surface area contributed by atoms with Gasteiger partial charge < -0.3 is 0 Å². The Labute approximate surface area is 73.9 Å². The van der Waals surface area contributed by atoms with E-state index < -0.39 is 0 Å². The first-order chi connectivity index (χ1) is 5.34. The quantitative estimate of drug-likeness (QED) is 0.681. The molecule has 0 bridgehead atoms. The van der Waals surface area contributed by atoms with E-state index in [0.29, 0.717) is 15.0 Å². The van der Waals surface area contributed by atoms with Gasteiger partial charge in [-0.1, -0.05) is 0 Å². The Morgan fingerprint density at radius 3 is 2.73 bits per heavy atom. The molecule has 0 heterocycles. The van der Waals surface area contributed by atoms with Gasteiger partial charge in [0.2, 0.25) is 0 Å². The number of methoxy groups -OCH3 is 1. The van der Waals surface area contributed by atoms with Crippen LogP contribution in [0.2, 0.25) is 0 Å². The Kier molecular flexibility index (Phi) is 3.64. The van der Waals surface area contributed by atoms with Gasteiger partial charge in [-0.05, 0) is 0 Å². The number of hydrogen-bond donors (Lipinski definition) is 0. The molecule has 1 aromatic carbocycles. The second kappa shape index (κ2) is 4.55. The van der Waals surface area contributed by atoms with Crippen LogP contribution in [-0.4, -0.2) is 27.6 Å². The van der Waals surface area contributed by atoms with Crippen LogP contribution in [0.15, 0.2) is 24.3 Å². The molecule has 0 radical (unpaired) electrons. The molecule has 1 nitrogen and oxygen atoms in total. The molecule has 0 N–H and O–H groups in total. The summed E-state index contributed by atoms with van der Waals surface area (Å²) >= 11 is 0.486. The summed E-state index contributed by atoms with van der Waals surface area (Å²) in [6, 6.07) is 8.47. The average Bonchev–Trinajstić information content (AvgIpc) is 2.03. The molecule has 0 unspecified atom stereocenters. The molecule has 0 atom stereocenters. The molecule has 1 aromatic rings. The monoisotopic (exact) mass is 216 g/mol. The minimum atomic E-state index is 0.486. The van der Waals surface area contributed by atoms with E-state index in [1.807, 2.05) is 0 Å². The summed E-state index contributed by atoms with van der Waals surface area (Å²) in [5.74, 6) is 0. The molecule has 0 saturated carbocycles. The van der Waals surface area contributed by atoms with Gasteiger partial charge in [-0.15, -0.1) is 0 Å². The second-order valence-corrected chi connectivity index (χ2v) is 4.34. The summed E-state index contributed by atoms with van der Waals surface area (Å²) in [4.78, 5) is 0. The zero-order chi connectivity index (χ0) is 8.10. The van der Waals surface area contributed by atoms with Crippen molar-refractivity contribution in [3.63, 3.8) is 0 Å². The van der Waals surface area contributed by atoms with Crippen molar-refractivity contribution in [1.29, 1.82) is 0 Å². The predicted molar refractivity (Wildman–Crippen MR) is 48.4 cm³/mol. The van der Waals surface area contributed by atoms with Gasteiger partial charge in [0, 0.05) is 0 Å². The summed E-state index contributed by atoms with van der Waals surface area (Å²) < 4.78 is 6.47. The van der Waals surface area contributed by atoms with Gasteiger partial charge in [0.25, 0.3) is 0 Å². The van der Waals surface area contributed by atoms with Gasteiger partial charge in [0.1, 0.15) is 0 Å². The number of benzene rings is 1. The molecule has 2 heteroatoms. The molecular formula is C9H12OSe. The first-order valence-corrected chi connectivity index (χ1v) is 5.58. The second-order valence-electron chi connectivity index (χ2n) is 2.32. The van der Waals surface area contributed by atoms with E-state index in [4.69, 9.17) is 4.74 Å². The summed E-state index contributed by atoms with van der Waals surface area (Å²) in [5, 5.41) is 0. The van der Waals surface area contributed by atoms with E-state index >= 15 is 0 Å². The van der Waals surface area contributed by atoms with Crippen LogP contribution in [0, 0.1) is 6.92 Å². The summed E-state index contributed by atoms with van der Waals surface area (Å²) in [7, 11) is 1.75. The maximum absolute atomic E-state index is 5.03. The van der Waals surface area contributed by atoms with Gasteiger partial charge in [-0.2, -0.15) is 0 Å². The van der Waals surface area contributed by atoms with Gasteiger partial charge in [-0.25, -0.2) is 0 Å². The van der Waals surface area contributed by atoms with Crippen LogP contribution in [0.25, 0.3) is 0 Å². The summed E-state index contributed by atoms with van der Waals surface area (Å²) in [6.45, 7) is 2.15. The van der Waals surface area contributed by atoms with Gasteiger partial charge in [0.05, 0.1) is 0 Å². The molecule has 60 valence electrons. The average molecular weight is 215 g/mol. The first-order valence-electron chi connectivity index (χ1n) is 3.52. The molecule has 0 aromatic heterocycles. The van der Waals surface area contributed by atoms with Crippen molar-refractivity contribution in [2.75, 3.05) is 12.6 Å². The SMILES string of the molecule is COC[Se]c1ccccc1C. The molecule has 1 rings (SSSR count). The van der Waals surface area contributed by atoms with Gasteiger partial charge in [-0.3, -0.25) is 0 Å². The Morgan fingerprint density at radius 2 is 2.09 bits per heavy atom. The van der Waals surface area contributed by atoms with Crippen molar-refractivity contribution in [2.45, 2.75) is 6.92 Å². The van der Waals surface area contributed by atoms with Crippen molar-refractivity contribution in [3.8, 4) is 0 Å². The Morgan fingerprint density at radius 1 is 1.36 bits per heavy atom. The fraction of sp³-hybridized carbons (Fsp3) is 0.333. The van der Waals surface area contributed by atoms with Crippen LogP contribution in [0.5, 0.6) is 0 Å². The molecule has 0 aliphatic carbocycles. The third-order valence-corrected chi connectivity index (χ3v) is 3.78. The van der Waals surface area contributed by atoms with E-state index in [2.05, 4.69) is 31.2 Å². The Balaban J connectivity index is 2.62. The Hall–Kier alpha value is -0.301. The van der Waals surface area contributed by atoms with E-state index in [0.717, 1.165) is 5.51 Å². The number of ether oxygens (including phenoxy) is 1. The minimum absolute atomic E-state index is 0.486. The van der Waals surface area contributed by atoms with E-state index in [9.17, 15) is 0 Å². The van der Waals surface area contributed by atoms with Crippen LogP contribution >= 0.6 is 0 Å². The van der Waals surface area contributed by atoms with Crippen molar-refractivity contribution in [1.82, 2.24) is 0 Å². The van der Waals surface area contributed by atoms with E-state index in [1.54, 1.807) is 7.11 Å². The zero-order valence-corrected chi connectivity index (χ0v) is 8.55. The van der Waals surface area contributed by atoms with Crippen molar-refractivity contribution in [2.24, 2.45) is 0 Å². The third-order valence-electron chi connectivity index (χ3n) is 1.43. The molecular weight excluding hydrogens is 203 g/mol. The topological polar surface area (TPSA) is 9.23 Å². The van der Waals surface area contributed by atoms with Crippen LogP contribution < -0.4 is 4.46 Å².